The van der Waals surface area contributed by atoms with Gasteiger partial charge in [-0.05, 0) is 22.6 Å². The normalized spacial score (nSPS) is 10.4. The molecule has 2 amide bonds. The highest BCUT2D eigenvalue weighted by Crippen LogP contribution is 2.07. The number of thiophene rings is 1. The minimum Gasteiger partial charge on any atom is -0.350 e. The van der Waals surface area contributed by atoms with E-state index in [4.69, 9.17) is 0 Å². The fraction of sp³-hybridized carbons (Fsp3) is 0.176. The number of hydrogen-bond donors (Lipinski definition) is 2. The summed E-state index contributed by atoms with van der Waals surface area (Å²) >= 11 is 1.34. The van der Waals surface area contributed by atoms with Gasteiger partial charge in [-0.2, -0.15) is 5.10 Å². The highest BCUT2D eigenvalue weighted by molar-refractivity contribution is 7.12. The fourth-order valence-corrected chi connectivity index (χ4v) is 2.82. The first-order valence-electron chi connectivity index (χ1n) is 7.69. The molecule has 2 aromatic heterocycles. The van der Waals surface area contributed by atoms with Crippen LogP contribution in [0, 0.1) is 0 Å². The zero-order valence-corrected chi connectivity index (χ0v) is 14.2. The van der Waals surface area contributed by atoms with Crippen LogP contribution in [-0.2, 0) is 17.9 Å². The highest BCUT2D eigenvalue weighted by atomic mass is 32.1. The first kappa shape index (κ1) is 16.8. The monoisotopic (exact) mass is 355 g/mol. The van der Waals surface area contributed by atoms with Crippen LogP contribution >= 0.6 is 11.3 Å². The van der Waals surface area contributed by atoms with Crippen LogP contribution in [0.15, 0.2) is 54.4 Å². The molecule has 0 saturated carbocycles. The van der Waals surface area contributed by atoms with Gasteiger partial charge in [0.1, 0.15) is 12.7 Å². The Morgan fingerprint density at radius 3 is 2.56 bits per heavy atom. The maximum absolute atomic E-state index is 11.8. The van der Waals surface area contributed by atoms with E-state index in [1.54, 1.807) is 23.1 Å². The van der Waals surface area contributed by atoms with Gasteiger partial charge in [-0.1, -0.05) is 30.3 Å². The Morgan fingerprint density at radius 1 is 1.08 bits per heavy atom. The summed E-state index contributed by atoms with van der Waals surface area (Å²) in [5.41, 5.74) is 2.09. The van der Waals surface area contributed by atoms with E-state index >= 15 is 0 Å². The number of rotatable bonds is 7. The SMILES string of the molecule is O=C(CNC(=O)c1cccs1)NCc1ccc(Cn2cncn2)cc1. The van der Waals surface area contributed by atoms with E-state index in [-0.39, 0.29) is 18.4 Å². The quantitative estimate of drug-likeness (QED) is 0.671. The van der Waals surface area contributed by atoms with Gasteiger partial charge in [0.2, 0.25) is 5.91 Å². The fourth-order valence-electron chi connectivity index (χ4n) is 2.18. The second-order valence-electron chi connectivity index (χ2n) is 5.35. The van der Waals surface area contributed by atoms with Gasteiger partial charge in [0.25, 0.3) is 5.91 Å². The molecule has 0 aliphatic carbocycles. The first-order chi connectivity index (χ1) is 12.2. The third kappa shape index (κ3) is 4.98. The van der Waals surface area contributed by atoms with Crippen LogP contribution in [0.25, 0.3) is 0 Å². The van der Waals surface area contributed by atoms with Crippen LogP contribution in [0.5, 0.6) is 0 Å². The summed E-state index contributed by atoms with van der Waals surface area (Å²) in [4.78, 5) is 28.1. The average Bonchev–Trinajstić information content (AvgIpc) is 3.33. The molecule has 1 aromatic carbocycles. The predicted octanol–water partition coefficient (Wildman–Crippen LogP) is 1.43. The molecule has 0 spiro atoms. The molecule has 0 aliphatic rings. The van der Waals surface area contributed by atoms with E-state index in [9.17, 15) is 9.59 Å². The molecule has 0 bridgehead atoms. The molecule has 0 radical (unpaired) electrons. The van der Waals surface area contributed by atoms with Gasteiger partial charge in [-0.3, -0.25) is 9.59 Å². The molecule has 3 aromatic rings. The summed E-state index contributed by atoms with van der Waals surface area (Å²) in [6, 6.07) is 11.4. The number of carbonyl (C=O) groups excluding carboxylic acids is 2. The zero-order chi connectivity index (χ0) is 17.5. The Labute approximate surface area is 148 Å². The van der Waals surface area contributed by atoms with Crippen LogP contribution in [0.3, 0.4) is 0 Å². The molecule has 25 heavy (non-hydrogen) atoms. The third-order valence-corrected chi connectivity index (χ3v) is 4.35. The number of amides is 2. The molecule has 2 N–H and O–H groups in total. The van der Waals surface area contributed by atoms with Crippen molar-refractivity contribution in [2.75, 3.05) is 6.54 Å². The van der Waals surface area contributed by atoms with Crippen molar-refractivity contribution in [1.29, 1.82) is 0 Å². The minimum absolute atomic E-state index is 0.0406. The summed E-state index contributed by atoms with van der Waals surface area (Å²) in [5.74, 6) is -0.459. The molecular weight excluding hydrogens is 338 g/mol. The Kier molecular flexibility index (Phi) is 5.53. The Bertz CT molecular complexity index is 813. The van der Waals surface area contributed by atoms with Crippen molar-refractivity contribution < 1.29 is 9.59 Å². The van der Waals surface area contributed by atoms with Crippen molar-refractivity contribution in [3.63, 3.8) is 0 Å². The van der Waals surface area contributed by atoms with E-state index in [2.05, 4.69) is 20.7 Å². The van der Waals surface area contributed by atoms with Crippen LogP contribution in [0.2, 0.25) is 0 Å². The van der Waals surface area contributed by atoms with Crippen molar-refractivity contribution >= 4 is 23.2 Å². The summed E-state index contributed by atoms with van der Waals surface area (Å²) in [7, 11) is 0. The molecule has 3 rings (SSSR count). The van der Waals surface area contributed by atoms with Crippen molar-refractivity contribution in [2.24, 2.45) is 0 Å². The average molecular weight is 355 g/mol. The number of carbonyl (C=O) groups is 2. The number of hydrogen-bond acceptors (Lipinski definition) is 5. The molecule has 0 saturated heterocycles. The number of nitrogens with zero attached hydrogens (tertiary/aromatic N) is 3. The maximum Gasteiger partial charge on any atom is 0.261 e. The lowest BCUT2D eigenvalue weighted by atomic mass is 10.1. The van der Waals surface area contributed by atoms with Crippen molar-refractivity contribution in [3.8, 4) is 0 Å². The summed E-state index contributed by atoms with van der Waals surface area (Å²) < 4.78 is 1.74. The van der Waals surface area contributed by atoms with E-state index in [1.807, 2.05) is 29.6 Å². The van der Waals surface area contributed by atoms with Gasteiger partial charge < -0.3 is 10.6 Å². The number of nitrogens with one attached hydrogen (secondary N) is 2. The van der Waals surface area contributed by atoms with E-state index in [0.717, 1.165) is 11.1 Å². The van der Waals surface area contributed by atoms with Crippen LogP contribution in [0.4, 0.5) is 0 Å². The van der Waals surface area contributed by atoms with Crippen molar-refractivity contribution in [2.45, 2.75) is 13.1 Å². The highest BCUT2D eigenvalue weighted by Gasteiger charge is 2.08. The summed E-state index contributed by atoms with van der Waals surface area (Å²) in [6.45, 7) is 1.03. The molecule has 7 nitrogen and oxygen atoms in total. The first-order valence-corrected chi connectivity index (χ1v) is 8.57. The number of aromatic nitrogens is 3. The van der Waals surface area contributed by atoms with Crippen molar-refractivity contribution in [1.82, 2.24) is 25.4 Å². The molecular formula is C17H17N5O2S. The Hall–Kier alpha value is -3.00. The van der Waals surface area contributed by atoms with Gasteiger partial charge in [0.15, 0.2) is 0 Å². The van der Waals surface area contributed by atoms with Crippen LogP contribution in [0.1, 0.15) is 20.8 Å². The lowest BCUT2D eigenvalue weighted by molar-refractivity contribution is -0.120. The summed E-state index contributed by atoms with van der Waals surface area (Å²) in [6.07, 6.45) is 3.17. The Balaban J connectivity index is 1.42. The zero-order valence-electron chi connectivity index (χ0n) is 13.4. The largest absolute Gasteiger partial charge is 0.350 e. The second-order valence-corrected chi connectivity index (χ2v) is 6.29. The molecule has 0 fully saturated rings. The Morgan fingerprint density at radius 2 is 1.88 bits per heavy atom. The smallest absolute Gasteiger partial charge is 0.261 e. The molecule has 0 atom stereocenters. The van der Waals surface area contributed by atoms with Gasteiger partial charge in [-0.15, -0.1) is 11.3 Å². The predicted molar refractivity (Wildman–Crippen MR) is 94.1 cm³/mol. The van der Waals surface area contributed by atoms with Gasteiger partial charge in [0, 0.05) is 6.54 Å². The molecule has 8 heteroatoms. The van der Waals surface area contributed by atoms with Gasteiger partial charge in [-0.25, -0.2) is 9.67 Å². The molecule has 128 valence electrons. The van der Waals surface area contributed by atoms with E-state index in [0.29, 0.717) is 18.0 Å². The van der Waals surface area contributed by atoms with Crippen LogP contribution in [-0.4, -0.2) is 33.1 Å². The molecule has 0 unspecified atom stereocenters. The lowest BCUT2D eigenvalue weighted by Gasteiger charge is -2.07. The van der Waals surface area contributed by atoms with Crippen LogP contribution < -0.4 is 10.6 Å². The molecule has 0 aliphatic heterocycles. The second kappa shape index (κ2) is 8.20. The van der Waals surface area contributed by atoms with Gasteiger partial charge >= 0.3 is 0 Å². The lowest BCUT2D eigenvalue weighted by Crippen LogP contribution is -2.36. The standard InChI is InChI=1S/C17H17N5O2S/c23-16(9-20-17(24)15-2-1-7-25-15)19-8-13-3-5-14(6-4-13)10-22-12-18-11-21-22/h1-7,11-12H,8-10H2,(H,19,23)(H,20,24). The maximum atomic E-state index is 11.8. The minimum atomic E-state index is -0.234. The van der Waals surface area contributed by atoms with Gasteiger partial charge in [0.05, 0.1) is 18.0 Å². The van der Waals surface area contributed by atoms with Crippen molar-refractivity contribution in [3.05, 3.63) is 70.4 Å². The summed E-state index contributed by atoms with van der Waals surface area (Å²) in [5, 5.41) is 11.3. The van der Waals surface area contributed by atoms with E-state index < -0.39 is 0 Å². The third-order valence-electron chi connectivity index (χ3n) is 3.48. The topological polar surface area (TPSA) is 88.9 Å². The number of benzene rings is 1. The molecule has 2 heterocycles. The van der Waals surface area contributed by atoms with E-state index in [1.165, 1.54) is 17.7 Å².